The summed E-state index contributed by atoms with van der Waals surface area (Å²) in [7, 11) is 3.58. The first-order valence-electron chi connectivity index (χ1n) is 17.2. The van der Waals surface area contributed by atoms with Crippen molar-refractivity contribution in [3.63, 3.8) is 0 Å². The van der Waals surface area contributed by atoms with Gasteiger partial charge in [-0.05, 0) is 105 Å². The first-order chi connectivity index (χ1) is 23.0. The minimum atomic E-state index is -0.260. The number of likely N-dealkylation sites (N-methyl/N-ethyl adjacent to an activating group) is 1. The van der Waals surface area contributed by atoms with E-state index in [-0.39, 0.29) is 29.5 Å². The minimum absolute atomic E-state index is 0.00929. The Morgan fingerprint density at radius 3 is 2.46 bits per heavy atom. The number of carbonyl (C=O) groups is 2. The second-order valence-electron chi connectivity index (χ2n) is 13.7. The molecule has 0 aliphatic carbocycles. The van der Waals surface area contributed by atoms with Crippen molar-refractivity contribution in [1.29, 1.82) is 0 Å². The molecule has 2 fully saturated rings. The van der Waals surface area contributed by atoms with E-state index in [2.05, 4.69) is 58.3 Å². The second-order valence-corrected chi connectivity index (χ2v) is 13.7. The molecule has 1 aromatic heterocycles. The standard InChI is InChI=1S/C38H49N5O5/c1-7-43(29-10-16-48-17-11-29)33-21-28(19-30(26(33)4)35(44)39-22-31-24(2)18-25(3)40-36(31)45)27-8-9-32-34(20-27)41(5)23-38(32)12-14-42(15-13-38)37(46)47-6/h8-9,18-21,29H,7,10-17,22-23H2,1-6H3,(H,39,44)(H,40,45). The van der Waals surface area contributed by atoms with Gasteiger partial charge < -0.3 is 34.5 Å². The second kappa shape index (κ2) is 13.7. The van der Waals surface area contributed by atoms with Crippen molar-refractivity contribution in [1.82, 2.24) is 15.2 Å². The van der Waals surface area contributed by atoms with Crippen LogP contribution in [0.25, 0.3) is 11.1 Å². The first-order valence-corrected chi connectivity index (χ1v) is 17.2. The van der Waals surface area contributed by atoms with Crippen LogP contribution in [0.2, 0.25) is 0 Å². The Hall–Kier alpha value is -4.31. The van der Waals surface area contributed by atoms with Gasteiger partial charge in [0.05, 0.1) is 7.11 Å². The van der Waals surface area contributed by atoms with Crippen molar-refractivity contribution in [3.8, 4) is 11.1 Å². The van der Waals surface area contributed by atoms with Crippen LogP contribution in [-0.2, 0) is 21.4 Å². The average Bonchev–Trinajstić information content (AvgIpc) is 3.35. The number of nitrogens with zero attached hydrogens (tertiary/aromatic N) is 3. The van der Waals surface area contributed by atoms with Gasteiger partial charge in [0, 0.05) is 92.6 Å². The van der Waals surface area contributed by atoms with Gasteiger partial charge in [-0.2, -0.15) is 0 Å². The molecule has 6 rings (SSSR count). The molecule has 2 amide bonds. The fraction of sp³-hybridized carbons (Fsp3) is 0.500. The van der Waals surface area contributed by atoms with Crippen molar-refractivity contribution < 1.29 is 19.1 Å². The molecule has 2 saturated heterocycles. The lowest BCUT2D eigenvalue weighted by Crippen LogP contribution is -2.46. The Kier molecular flexibility index (Phi) is 9.56. The Balaban J connectivity index is 1.36. The van der Waals surface area contributed by atoms with E-state index in [1.807, 2.05) is 32.9 Å². The number of H-pyrrole nitrogens is 1. The number of carbonyl (C=O) groups excluding carboxylic acids is 2. The number of methoxy groups -OCH3 is 1. The highest BCUT2D eigenvalue weighted by Crippen LogP contribution is 2.48. The molecular formula is C38H49N5O5. The summed E-state index contributed by atoms with van der Waals surface area (Å²) in [5.74, 6) is -0.201. The monoisotopic (exact) mass is 655 g/mol. The number of hydrogen-bond acceptors (Lipinski definition) is 7. The summed E-state index contributed by atoms with van der Waals surface area (Å²) in [6, 6.07) is 13.2. The van der Waals surface area contributed by atoms with Gasteiger partial charge in [0.25, 0.3) is 11.5 Å². The summed E-state index contributed by atoms with van der Waals surface area (Å²) in [5.41, 5.74) is 9.16. The average molecular weight is 656 g/mol. The number of anilines is 2. The largest absolute Gasteiger partial charge is 0.453 e. The lowest BCUT2D eigenvalue weighted by molar-refractivity contribution is 0.0845. The van der Waals surface area contributed by atoms with Crippen LogP contribution in [0, 0.1) is 20.8 Å². The Bertz CT molecular complexity index is 1750. The molecule has 4 heterocycles. The molecule has 0 unspecified atom stereocenters. The van der Waals surface area contributed by atoms with E-state index in [1.165, 1.54) is 18.4 Å². The minimum Gasteiger partial charge on any atom is -0.453 e. The molecule has 3 aliphatic rings. The predicted octanol–water partition coefficient (Wildman–Crippen LogP) is 5.45. The third kappa shape index (κ3) is 6.30. The lowest BCUT2D eigenvalue weighted by atomic mass is 9.74. The topological polar surface area (TPSA) is 107 Å². The number of fused-ring (bicyclic) bond motifs is 2. The van der Waals surface area contributed by atoms with Gasteiger partial charge in [-0.1, -0.05) is 12.1 Å². The van der Waals surface area contributed by atoms with Crippen molar-refractivity contribution in [3.05, 3.63) is 80.3 Å². The molecule has 1 spiro atoms. The third-order valence-electron chi connectivity index (χ3n) is 10.8. The van der Waals surface area contributed by atoms with Gasteiger partial charge in [-0.3, -0.25) is 9.59 Å². The van der Waals surface area contributed by atoms with Crippen LogP contribution in [0.5, 0.6) is 0 Å². The number of aromatic nitrogens is 1. The number of amides is 2. The van der Waals surface area contributed by atoms with Gasteiger partial charge in [-0.15, -0.1) is 0 Å². The lowest BCUT2D eigenvalue weighted by Gasteiger charge is -2.39. The smallest absolute Gasteiger partial charge is 0.409 e. The highest BCUT2D eigenvalue weighted by atomic mass is 16.5. The van der Waals surface area contributed by atoms with Crippen LogP contribution in [0.1, 0.15) is 70.9 Å². The zero-order chi connectivity index (χ0) is 34.2. The predicted molar refractivity (Wildman–Crippen MR) is 189 cm³/mol. The van der Waals surface area contributed by atoms with E-state index in [0.717, 1.165) is 85.6 Å². The maximum absolute atomic E-state index is 14.0. The molecule has 0 radical (unpaired) electrons. The fourth-order valence-corrected chi connectivity index (χ4v) is 8.16. The molecule has 256 valence electrons. The Labute approximate surface area is 283 Å². The van der Waals surface area contributed by atoms with E-state index in [1.54, 1.807) is 4.90 Å². The maximum atomic E-state index is 14.0. The molecule has 0 atom stereocenters. The van der Waals surface area contributed by atoms with Gasteiger partial charge in [-0.25, -0.2) is 4.79 Å². The van der Waals surface area contributed by atoms with Crippen LogP contribution in [-0.4, -0.2) is 81.5 Å². The molecule has 10 heteroatoms. The summed E-state index contributed by atoms with van der Waals surface area (Å²) in [4.78, 5) is 48.3. The summed E-state index contributed by atoms with van der Waals surface area (Å²) in [5, 5.41) is 3.06. The molecule has 48 heavy (non-hydrogen) atoms. The third-order valence-corrected chi connectivity index (χ3v) is 10.8. The molecule has 3 aromatic rings. The highest BCUT2D eigenvalue weighted by Gasteiger charge is 2.44. The van der Waals surface area contributed by atoms with E-state index in [4.69, 9.17) is 9.47 Å². The molecule has 0 saturated carbocycles. The van der Waals surface area contributed by atoms with E-state index in [9.17, 15) is 14.4 Å². The van der Waals surface area contributed by atoms with Gasteiger partial charge in [0.1, 0.15) is 0 Å². The Morgan fingerprint density at radius 1 is 1.06 bits per heavy atom. The highest BCUT2D eigenvalue weighted by molar-refractivity contribution is 5.99. The molecule has 0 bridgehead atoms. The number of pyridine rings is 1. The normalized spacial score (nSPS) is 17.4. The quantitative estimate of drug-likeness (QED) is 0.349. The van der Waals surface area contributed by atoms with Crippen LogP contribution >= 0.6 is 0 Å². The number of hydrogen-bond donors (Lipinski definition) is 2. The first kappa shape index (κ1) is 33.6. The van der Waals surface area contributed by atoms with Crippen LogP contribution in [0.15, 0.2) is 41.2 Å². The number of rotatable bonds is 7. The number of ether oxygens (including phenoxy) is 2. The summed E-state index contributed by atoms with van der Waals surface area (Å²) in [6.45, 7) is 12.6. The van der Waals surface area contributed by atoms with Crippen molar-refractivity contribution in [2.75, 3.05) is 63.4 Å². The van der Waals surface area contributed by atoms with Gasteiger partial charge >= 0.3 is 6.09 Å². The number of aromatic amines is 1. The van der Waals surface area contributed by atoms with Crippen molar-refractivity contribution in [2.24, 2.45) is 0 Å². The SMILES string of the molecule is CCN(c1cc(-c2ccc3c(c2)N(C)CC32CCN(C(=O)OC)CC2)cc(C(=O)NCc2c(C)cc(C)[nH]c2=O)c1C)C1CCOCC1. The molecule has 10 nitrogen and oxygen atoms in total. The van der Waals surface area contributed by atoms with Crippen molar-refractivity contribution in [2.45, 2.75) is 71.4 Å². The van der Waals surface area contributed by atoms with Crippen LogP contribution in [0.4, 0.5) is 16.2 Å². The number of nitrogens with one attached hydrogen (secondary N) is 2. The van der Waals surface area contributed by atoms with E-state index >= 15 is 0 Å². The van der Waals surface area contributed by atoms with E-state index < -0.39 is 0 Å². The zero-order valence-corrected chi connectivity index (χ0v) is 29.2. The maximum Gasteiger partial charge on any atom is 0.409 e. The molecule has 2 N–H and O–H groups in total. The number of piperidine rings is 1. The summed E-state index contributed by atoms with van der Waals surface area (Å²) >= 11 is 0. The van der Waals surface area contributed by atoms with Gasteiger partial charge in [0.15, 0.2) is 0 Å². The number of aryl methyl sites for hydroxylation is 2. The fourth-order valence-electron chi connectivity index (χ4n) is 8.16. The van der Waals surface area contributed by atoms with Crippen molar-refractivity contribution >= 4 is 23.4 Å². The Morgan fingerprint density at radius 2 is 1.79 bits per heavy atom. The van der Waals surface area contributed by atoms with E-state index in [0.29, 0.717) is 30.3 Å². The van der Waals surface area contributed by atoms with Crippen LogP contribution in [0.3, 0.4) is 0 Å². The molecule has 2 aromatic carbocycles. The summed E-state index contributed by atoms with van der Waals surface area (Å²) in [6.07, 6.45) is 3.39. The molecule has 3 aliphatic heterocycles. The summed E-state index contributed by atoms with van der Waals surface area (Å²) < 4.78 is 10.7. The van der Waals surface area contributed by atoms with Gasteiger partial charge in [0.2, 0.25) is 0 Å². The number of likely N-dealkylation sites (tertiary alicyclic amines) is 1. The van der Waals surface area contributed by atoms with Crippen LogP contribution < -0.4 is 20.7 Å². The zero-order valence-electron chi connectivity index (χ0n) is 29.2. The number of benzene rings is 2. The molecular weight excluding hydrogens is 606 g/mol.